The Labute approximate surface area is 222 Å². The first-order chi connectivity index (χ1) is 17.5. The van der Waals surface area contributed by atoms with Crippen molar-refractivity contribution in [2.24, 2.45) is 10.2 Å². The quantitative estimate of drug-likeness (QED) is 0.170. The number of methoxy groups -OCH3 is 1. The van der Waals surface area contributed by atoms with Gasteiger partial charge in [-0.3, -0.25) is 9.35 Å². The van der Waals surface area contributed by atoms with Crippen molar-refractivity contribution in [2.45, 2.75) is 11.8 Å². The zero-order valence-corrected chi connectivity index (χ0v) is 21.7. The number of rotatable bonds is 6. The number of aromatic hydroxyl groups is 1. The first-order valence-corrected chi connectivity index (χ1v) is 12.8. The SMILES string of the molecule is COc1ccc(NC(=O)c2cc3ccccc3c(N=Nc3c(C)cc(Cl)cc3S(=O)(=O)O)c2O)c(Cl)c1. The van der Waals surface area contributed by atoms with Crippen molar-refractivity contribution in [2.75, 3.05) is 12.4 Å². The van der Waals surface area contributed by atoms with Crippen molar-refractivity contribution in [3.05, 3.63) is 81.8 Å². The Morgan fingerprint density at radius 2 is 1.70 bits per heavy atom. The molecule has 0 bridgehead atoms. The molecule has 4 aromatic carbocycles. The van der Waals surface area contributed by atoms with Gasteiger partial charge in [-0.2, -0.15) is 8.42 Å². The minimum atomic E-state index is -4.69. The summed E-state index contributed by atoms with van der Waals surface area (Å²) in [6.07, 6.45) is 0. The first-order valence-electron chi connectivity index (χ1n) is 10.6. The fraction of sp³-hybridized carbons (Fsp3) is 0.0800. The van der Waals surface area contributed by atoms with Crippen molar-refractivity contribution in [1.82, 2.24) is 0 Å². The number of aryl methyl sites for hydroxylation is 1. The van der Waals surface area contributed by atoms with Crippen molar-refractivity contribution >= 4 is 67.1 Å². The van der Waals surface area contributed by atoms with Crippen molar-refractivity contribution in [3.8, 4) is 11.5 Å². The summed E-state index contributed by atoms with van der Waals surface area (Å²) >= 11 is 12.2. The zero-order chi connectivity index (χ0) is 26.9. The van der Waals surface area contributed by atoms with E-state index in [0.29, 0.717) is 22.1 Å². The lowest BCUT2D eigenvalue weighted by Crippen LogP contribution is -2.12. The molecule has 0 aliphatic rings. The van der Waals surface area contributed by atoms with Crippen LogP contribution in [-0.4, -0.2) is 31.1 Å². The number of ether oxygens (including phenoxy) is 1. The Bertz CT molecular complexity index is 1690. The summed E-state index contributed by atoms with van der Waals surface area (Å²) in [4.78, 5) is 12.6. The Hall–Kier alpha value is -3.70. The topological polar surface area (TPSA) is 138 Å². The molecule has 0 fully saturated rings. The number of amides is 1. The van der Waals surface area contributed by atoms with E-state index in [0.717, 1.165) is 6.07 Å². The van der Waals surface area contributed by atoms with Gasteiger partial charge in [0.05, 0.1) is 23.4 Å². The van der Waals surface area contributed by atoms with E-state index in [9.17, 15) is 22.9 Å². The number of fused-ring (bicyclic) bond motifs is 1. The van der Waals surface area contributed by atoms with Gasteiger partial charge in [0.25, 0.3) is 16.0 Å². The number of nitrogens with one attached hydrogen (secondary N) is 1. The maximum absolute atomic E-state index is 13.1. The van der Waals surface area contributed by atoms with Gasteiger partial charge in [0, 0.05) is 16.5 Å². The number of hydrogen-bond donors (Lipinski definition) is 3. The van der Waals surface area contributed by atoms with Gasteiger partial charge in [-0.1, -0.05) is 47.5 Å². The van der Waals surface area contributed by atoms with E-state index in [1.165, 1.54) is 32.2 Å². The number of carbonyl (C=O) groups excluding carboxylic acids is 1. The van der Waals surface area contributed by atoms with Crippen molar-refractivity contribution in [3.63, 3.8) is 0 Å². The van der Waals surface area contributed by atoms with E-state index >= 15 is 0 Å². The second kappa shape index (κ2) is 10.3. The van der Waals surface area contributed by atoms with Gasteiger partial charge in [-0.25, -0.2) is 0 Å². The highest BCUT2D eigenvalue weighted by Crippen LogP contribution is 2.41. The highest BCUT2D eigenvalue weighted by molar-refractivity contribution is 7.86. The monoisotopic (exact) mass is 559 g/mol. The molecule has 0 unspecified atom stereocenters. The van der Waals surface area contributed by atoms with Crippen LogP contribution in [0.15, 0.2) is 75.8 Å². The Morgan fingerprint density at radius 3 is 2.38 bits per heavy atom. The molecule has 0 aromatic heterocycles. The molecule has 0 aliphatic carbocycles. The number of hydrogen-bond acceptors (Lipinski definition) is 7. The summed E-state index contributed by atoms with van der Waals surface area (Å²) < 4.78 is 38.6. The number of azo groups is 1. The highest BCUT2D eigenvalue weighted by atomic mass is 35.5. The molecular weight excluding hydrogens is 541 g/mol. The van der Waals surface area contributed by atoms with Gasteiger partial charge in [0.1, 0.15) is 22.0 Å². The van der Waals surface area contributed by atoms with Gasteiger partial charge >= 0.3 is 0 Å². The summed E-state index contributed by atoms with van der Waals surface area (Å²) in [5.74, 6) is -0.668. The maximum Gasteiger partial charge on any atom is 0.296 e. The molecule has 3 N–H and O–H groups in total. The van der Waals surface area contributed by atoms with E-state index in [2.05, 4.69) is 15.5 Å². The number of phenols is 1. The Kier molecular flexibility index (Phi) is 7.37. The van der Waals surface area contributed by atoms with Gasteiger partial charge in [0.2, 0.25) is 0 Å². The average Bonchev–Trinajstić information content (AvgIpc) is 2.84. The van der Waals surface area contributed by atoms with Crippen LogP contribution < -0.4 is 10.1 Å². The third kappa shape index (κ3) is 5.52. The summed E-state index contributed by atoms with van der Waals surface area (Å²) in [6, 6.07) is 15.5. The minimum absolute atomic E-state index is 0.0771. The third-order valence-electron chi connectivity index (χ3n) is 5.42. The molecule has 0 saturated carbocycles. The third-order valence-corrected chi connectivity index (χ3v) is 6.82. The van der Waals surface area contributed by atoms with Crippen LogP contribution in [0.4, 0.5) is 17.1 Å². The summed E-state index contributed by atoms with van der Waals surface area (Å²) in [5, 5.41) is 23.1. The molecule has 37 heavy (non-hydrogen) atoms. The number of anilines is 1. The van der Waals surface area contributed by atoms with E-state index in [-0.39, 0.29) is 32.7 Å². The lowest BCUT2D eigenvalue weighted by atomic mass is 10.0. The smallest absolute Gasteiger partial charge is 0.296 e. The van der Waals surface area contributed by atoms with Gasteiger partial charge in [-0.05, 0) is 48.2 Å². The average molecular weight is 560 g/mol. The molecule has 4 rings (SSSR count). The van der Waals surface area contributed by atoms with Crippen LogP contribution in [0, 0.1) is 6.92 Å². The molecule has 0 saturated heterocycles. The largest absolute Gasteiger partial charge is 0.505 e. The molecule has 1 amide bonds. The number of nitrogens with zero attached hydrogens (tertiary/aromatic N) is 2. The highest BCUT2D eigenvalue weighted by Gasteiger charge is 2.22. The number of benzene rings is 4. The van der Waals surface area contributed by atoms with Crippen LogP contribution in [-0.2, 0) is 10.1 Å². The van der Waals surface area contributed by atoms with Crippen LogP contribution in [0.5, 0.6) is 11.5 Å². The summed E-state index contributed by atoms with van der Waals surface area (Å²) in [7, 11) is -3.20. The maximum atomic E-state index is 13.1. The molecule has 0 spiro atoms. The van der Waals surface area contributed by atoms with Gasteiger partial charge in [0.15, 0.2) is 5.75 Å². The molecule has 12 heteroatoms. The van der Waals surface area contributed by atoms with Crippen LogP contribution in [0.1, 0.15) is 15.9 Å². The summed E-state index contributed by atoms with van der Waals surface area (Å²) in [6.45, 7) is 1.54. The van der Waals surface area contributed by atoms with Crippen LogP contribution in [0.3, 0.4) is 0 Å². The first kappa shape index (κ1) is 26.4. The van der Waals surface area contributed by atoms with Crippen LogP contribution in [0.2, 0.25) is 10.0 Å². The predicted molar refractivity (Wildman–Crippen MR) is 142 cm³/mol. The number of halogens is 2. The molecule has 0 radical (unpaired) electrons. The van der Waals surface area contributed by atoms with Crippen LogP contribution in [0.25, 0.3) is 10.8 Å². The number of phenolic OH excluding ortho intramolecular Hbond substituents is 1. The van der Waals surface area contributed by atoms with E-state index in [4.69, 9.17) is 27.9 Å². The van der Waals surface area contributed by atoms with Crippen molar-refractivity contribution < 1.29 is 27.6 Å². The zero-order valence-electron chi connectivity index (χ0n) is 19.4. The molecule has 0 heterocycles. The molecular formula is C25H19Cl2N3O6S. The molecule has 0 aliphatic heterocycles. The Balaban J connectivity index is 1.83. The minimum Gasteiger partial charge on any atom is -0.505 e. The molecule has 190 valence electrons. The normalized spacial score (nSPS) is 11.7. The van der Waals surface area contributed by atoms with Gasteiger partial charge in [-0.15, -0.1) is 10.2 Å². The predicted octanol–water partition coefficient (Wildman–Crippen LogP) is 7.08. The number of carbonyl (C=O) groups is 1. The second-order valence-corrected chi connectivity index (χ2v) is 10.1. The standard InChI is InChI=1S/C25H19Cl2N3O6S/c1-13-9-15(26)11-21(37(33,34)35)22(13)29-30-23-17-6-4-3-5-14(17)10-18(24(23)31)25(32)28-20-8-7-16(36-2)12-19(20)27/h3-12,31H,1-2H3,(H,28,32)(H,33,34,35). The Morgan fingerprint density at radius 1 is 1.00 bits per heavy atom. The van der Waals surface area contributed by atoms with E-state index in [1.54, 1.807) is 36.4 Å². The van der Waals surface area contributed by atoms with Gasteiger partial charge < -0.3 is 15.2 Å². The lowest BCUT2D eigenvalue weighted by molar-refractivity contribution is 0.102. The van der Waals surface area contributed by atoms with Crippen molar-refractivity contribution in [1.29, 1.82) is 0 Å². The van der Waals surface area contributed by atoms with Crippen LogP contribution >= 0.6 is 23.2 Å². The molecule has 9 nitrogen and oxygen atoms in total. The second-order valence-electron chi connectivity index (χ2n) is 7.89. The molecule has 4 aromatic rings. The van der Waals surface area contributed by atoms with E-state index in [1.807, 2.05) is 0 Å². The lowest BCUT2D eigenvalue weighted by Gasteiger charge is -2.13. The van der Waals surface area contributed by atoms with E-state index < -0.39 is 26.7 Å². The fourth-order valence-electron chi connectivity index (χ4n) is 3.64. The fourth-order valence-corrected chi connectivity index (χ4v) is 4.91. The summed E-state index contributed by atoms with van der Waals surface area (Å²) in [5.41, 5.74) is 0.228. The molecule has 0 atom stereocenters.